The minimum absolute atomic E-state index is 0.137. The van der Waals surface area contributed by atoms with E-state index in [9.17, 15) is 13.2 Å². The van der Waals surface area contributed by atoms with Crippen LogP contribution in [0.15, 0.2) is 29.2 Å². The smallest absolute Gasteiger partial charge is 0.305 e. The van der Waals surface area contributed by atoms with Gasteiger partial charge in [-0.15, -0.1) is 0 Å². The van der Waals surface area contributed by atoms with Crippen LogP contribution in [0, 0.1) is 0 Å². The van der Waals surface area contributed by atoms with Crippen LogP contribution in [-0.2, 0) is 19.6 Å². The van der Waals surface area contributed by atoms with Crippen molar-refractivity contribution in [1.29, 1.82) is 0 Å². The standard InChI is InChI=1S/C17H26O6S/c1-22-17(18)9-7-5-3-2-4-6-8-14-23-15-10-12-16(13-11-15)24(19,20)21/h10-13H,2-9,14H2,1H3,(H,19,20,21). The Labute approximate surface area is 143 Å². The third kappa shape index (κ3) is 8.88. The summed E-state index contributed by atoms with van der Waals surface area (Å²) in [4.78, 5) is 10.8. The molecule has 0 aromatic heterocycles. The van der Waals surface area contributed by atoms with E-state index in [0.29, 0.717) is 18.8 Å². The zero-order valence-corrected chi connectivity index (χ0v) is 14.9. The van der Waals surface area contributed by atoms with Gasteiger partial charge in [-0.25, -0.2) is 0 Å². The third-order valence-electron chi connectivity index (χ3n) is 3.64. The van der Waals surface area contributed by atoms with Crippen molar-refractivity contribution in [3.05, 3.63) is 24.3 Å². The van der Waals surface area contributed by atoms with Crippen molar-refractivity contribution in [3.63, 3.8) is 0 Å². The van der Waals surface area contributed by atoms with Crippen molar-refractivity contribution < 1.29 is 27.2 Å². The Morgan fingerprint density at radius 2 is 1.50 bits per heavy atom. The highest BCUT2D eigenvalue weighted by Gasteiger charge is 2.08. The molecule has 6 nitrogen and oxygen atoms in total. The maximum absolute atomic E-state index is 10.9. The number of hydrogen-bond donors (Lipinski definition) is 1. The number of methoxy groups -OCH3 is 1. The molecule has 7 heteroatoms. The van der Waals surface area contributed by atoms with Gasteiger partial charge in [0.05, 0.1) is 18.6 Å². The van der Waals surface area contributed by atoms with Crippen molar-refractivity contribution in [2.45, 2.75) is 56.3 Å². The maximum atomic E-state index is 10.9. The summed E-state index contributed by atoms with van der Waals surface area (Å²) in [6.45, 7) is 0.577. The first-order valence-electron chi connectivity index (χ1n) is 8.20. The second kappa shape index (κ2) is 11.0. The molecule has 0 fully saturated rings. The second-order valence-electron chi connectivity index (χ2n) is 5.60. The van der Waals surface area contributed by atoms with Gasteiger partial charge >= 0.3 is 5.97 Å². The molecule has 0 heterocycles. The van der Waals surface area contributed by atoms with Gasteiger partial charge in [-0.1, -0.05) is 32.1 Å². The van der Waals surface area contributed by atoms with Crippen molar-refractivity contribution in [2.24, 2.45) is 0 Å². The van der Waals surface area contributed by atoms with Crippen LogP contribution < -0.4 is 4.74 Å². The highest BCUT2D eigenvalue weighted by molar-refractivity contribution is 7.85. The van der Waals surface area contributed by atoms with Gasteiger partial charge in [0.15, 0.2) is 0 Å². The van der Waals surface area contributed by atoms with E-state index < -0.39 is 10.1 Å². The zero-order chi connectivity index (χ0) is 17.8. The summed E-state index contributed by atoms with van der Waals surface area (Å²) < 4.78 is 40.8. The van der Waals surface area contributed by atoms with Gasteiger partial charge in [0, 0.05) is 6.42 Å². The van der Waals surface area contributed by atoms with Gasteiger partial charge in [0.1, 0.15) is 5.75 Å². The van der Waals surface area contributed by atoms with E-state index >= 15 is 0 Å². The lowest BCUT2D eigenvalue weighted by molar-refractivity contribution is -0.140. The van der Waals surface area contributed by atoms with Crippen LogP contribution in [0.1, 0.15) is 51.4 Å². The van der Waals surface area contributed by atoms with Gasteiger partial charge < -0.3 is 9.47 Å². The Bertz CT molecular complexity index is 580. The van der Waals surface area contributed by atoms with E-state index in [0.717, 1.165) is 44.9 Å². The number of carbonyl (C=O) groups excluding carboxylic acids is 1. The molecule has 1 rings (SSSR count). The Balaban J connectivity index is 2.01. The van der Waals surface area contributed by atoms with E-state index in [-0.39, 0.29) is 10.9 Å². The van der Waals surface area contributed by atoms with Gasteiger partial charge in [-0.2, -0.15) is 8.42 Å². The number of carbonyl (C=O) groups is 1. The summed E-state index contributed by atoms with van der Waals surface area (Å²) >= 11 is 0. The molecule has 0 spiro atoms. The fraction of sp³-hybridized carbons (Fsp3) is 0.588. The molecule has 1 aromatic rings. The molecule has 0 aliphatic carbocycles. The van der Waals surface area contributed by atoms with Crippen LogP contribution >= 0.6 is 0 Å². The average molecular weight is 358 g/mol. The molecule has 0 bridgehead atoms. The average Bonchev–Trinajstić information content (AvgIpc) is 2.55. The highest BCUT2D eigenvalue weighted by Crippen LogP contribution is 2.16. The Morgan fingerprint density at radius 3 is 2.04 bits per heavy atom. The van der Waals surface area contributed by atoms with Gasteiger partial charge in [0.25, 0.3) is 10.1 Å². The lowest BCUT2D eigenvalue weighted by Crippen LogP contribution is -2.00. The Kier molecular flexibility index (Phi) is 9.41. The van der Waals surface area contributed by atoms with Crippen LogP contribution in [0.5, 0.6) is 5.75 Å². The largest absolute Gasteiger partial charge is 0.494 e. The molecule has 1 aromatic carbocycles. The summed E-state index contributed by atoms with van der Waals surface area (Å²) in [6.07, 6.45) is 7.83. The molecule has 0 amide bonds. The van der Waals surface area contributed by atoms with Crippen LogP contribution in [0.25, 0.3) is 0 Å². The van der Waals surface area contributed by atoms with E-state index in [1.54, 1.807) is 0 Å². The molecule has 0 saturated heterocycles. The predicted molar refractivity (Wildman–Crippen MR) is 90.7 cm³/mol. The van der Waals surface area contributed by atoms with Crippen LogP contribution in [0.3, 0.4) is 0 Å². The molecule has 1 N–H and O–H groups in total. The normalized spacial score (nSPS) is 11.2. The lowest BCUT2D eigenvalue weighted by Gasteiger charge is -2.06. The van der Waals surface area contributed by atoms with E-state index in [1.807, 2.05) is 0 Å². The molecular weight excluding hydrogens is 332 g/mol. The summed E-state index contributed by atoms with van der Waals surface area (Å²) in [5.41, 5.74) is 0. The first-order valence-corrected chi connectivity index (χ1v) is 9.64. The summed E-state index contributed by atoms with van der Waals surface area (Å²) in [5.74, 6) is 0.446. The molecule has 0 atom stereocenters. The molecule has 136 valence electrons. The fourth-order valence-corrected chi connectivity index (χ4v) is 2.74. The number of esters is 1. The van der Waals surface area contributed by atoms with Crippen molar-refractivity contribution >= 4 is 16.1 Å². The molecule has 0 unspecified atom stereocenters. The predicted octanol–water partition coefficient (Wildman–Crippen LogP) is 3.61. The number of unbranched alkanes of at least 4 members (excludes halogenated alkanes) is 6. The summed E-state index contributed by atoms with van der Waals surface area (Å²) in [5, 5.41) is 0. The quantitative estimate of drug-likeness (QED) is 0.349. The van der Waals surface area contributed by atoms with Crippen LogP contribution in [-0.4, -0.2) is 32.7 Å². The van der Waals surface area contributed by atoms with Crippen molar-refractivity contribution in [2.75, 3.05) is 13.7 Å². The second-order valence-corrected chi connectivity index (χ2v) is 7.02. The molecule has 0 aliphatic heterocycles. The van der Waals surface area contributed by atoms with Crippen molar-refractivity contribution in [1.82, 2.24) is 0 Å². The minimum Gasteiger partial charge on any atom is -0.494 e. The molecule has 0 saturated carbocycles. The first-order chi connectivity index (χ1) is 11.4. The Hall–Kier alpha value is -1.60. The molecule has 24 heavy (non-hydrogen) atoms. The molecule has 0 aliphatic rings. The summed E-state index contributed by atoms with van der Waals surface area (Å²) in [6, 6.07) is 5.70. The number of ether oxygens (including phenoxy) is 2. The van der Waals surface area contributed by atoms with Gasteiger partial charge in [0.2, 0.25) is 0 Å². The van der Waals surface area contributed by atoms with Gasteiger partial charge in [-0.3, -0.25) is 9.35 Å². The Morgan fingerprint density at radius 1 is 0.958 bits per heavy atom. The SMILES string of the molecule is COC(=O)CCCCCCCCCOc1ccc(S(=O)(=O)O)cc1. The zero-order valence-electron chi connectivity index (χ0n) is 14.1. The van der Waals surface area contributed by atoms with E-state index in [2.05, 4.69) is 4.74 Å². The maximum Gasteiger partial charge on any atom is 0.305 e. The third-order valence-corrected chi connectivity index (χ3v) is 4.51. The van der Waals surface area contributed by atoms with E-state index in [1.165, 1.54) is 31.4 Å². The number of rotatable bonds is 12. The number of hydrogen-bond acceptors (Lipinski definition) is 5. The summed E-state index contributed by atoms with van der Waals surface area (Å²) in [7, 11) is -2.74. The van der Waals surface area contributed by atoms with Gasteiger partial charge in [-0.05, 0) is 37.1 Å². The fourth-order valence-electron chi connectivity index (χ4n) is 2.26. The van der Waals surface area contributed by atoms with Crippen LogP contribution in [0.2, 0.25) is 0 Å². The monoisotopic (exact) mass is 358 g/mol. The van der Waals surface area contributed by atoms with Crippen LogP contribution in [0.4, 0.5) is 0 Å². The number of benzene rings is 1. The lowest BCUT2D eigenvalue weighted by atomic mass is 10.1. The topological polar surface area (TPSA) is 89.9 Å². The van der Waals surface area contributed by atoms with Crippen molar-refractivity contribution in [3.8, 4) is 5.75 Å². The molecule has 0 radical (unpaired) electrons. The first kappa shape index (κ1) is 20.4. The molecular formula is C17H26O6S. The van der Waals surface area contributed by atoms with E-state index in [4.69, 9.17) is 9.29 Å². The minimum atomic E-state index is -4.15. The highest BCUT2D eigenvalue weighted by atomic mass is 32.2.